The molecule has 0 radical (unpaired) electrons. The second-order valence-electron chi connectivity index (χ2n) is 12.0. The molecular weight excluding hydrogens is 573 g/mol. The van der Waals surface area contributed by atoms with E-state index in [4.69, 9.17) is 15.0 Å². The van der Waals surface area contributed by atoms with Gasteiger partial charge in [-0.25, -0.2) is 4.98 Å². The second-order valence-corrected chi connectivity index (χ2v) is 12.0. The Labute approximate surface area is 270 Å². The molecule has 0 atom stereocenters. The van der Waals surface area contributed by atoms with E-state index in [2.05, 4.69) is 138 Å². The maximum Gasteiger partial charge on any atom is 0.238 e. The third kappa shape index (κ3) is 3.92. The third-order valence-corrected chi connectivity index (χ3v) is 9.39. The van der Waals surface area contributed by atoms with Crippen molar-refractivity contribution in [2.24, 2.45) is 0 Å². The molecule has 218 valence electrons. The van der Waals surface area contributed by atoms with Gasteiger partial charge in [-0.1, -0.05) is 146 Å². The first kappa shape index (κ1) is 25.9. The molecule has 2 heterocycles. The van der Waals surface area contributed by atoms with Crippen molar-refractivity contribution >= 4 is 54.1 Å². The lowest BCUT2D eigenvalue weighted by Crippen LogP contribution is -2.06. The molecule has 0 aliphatic carbocycles. The van der Waals surface area contributed by atoms with Crippen LogP contribution in [-0.4, -0.2) is 19.5 Å². The van der Waals surface area contributed by atoms with Gasteiger partial charge in [0.2, 0.25) is 5.95 Å². The average Bonchev–Trinajstić information content (AvgIpc) is 3.51. The molecule has 2 aromatic heterocycles. The topological polar surface area (TPSA) is 43.6 Å². The lowest BCUT2D eigenvalue weighted by atomic mass is 9.92. The van der Waals surface area contributed by atoms with Gasteiger partial charge in [0, 0.05) is 27.3 Å². The highest BCUT2D eigenvalue weighted by atomic mass is 15.2. The number of fused-ring (bicyclic) bond motifs is 5. The maximum absolute atomic E-state index is 5.25. The van der Waals surface area contributed by atoms with E-state index in [1.54, 1.807) is 0 Å². The Hall–Kier alpha value is -6.39. The van der Waals surface area contributed by atoms with Crippen LogP contribution in [-0.2, 0) is 0 Å². The molecule has 0 aliphatic rings. The van der Waals surface area contributed by atoms with E-state index in [1.165, 1.54) is 48.7 Å². The molecule has 0 bridgehead atoms. The summed E-state index contributed by atoms with van der Waals surface area (Å²) in [7, 11) is 0. The van der Waals surface area contributed by atoms with Crippen LogP contribution >= 0.6 is 0 Å². The summed E-state index contributed by atoms with van der Waals surface area (Å²) < 4.78 is 2.27. The number of nitrogens with zero attached hydrogens (tertiary/aromatic N) is 4. The van der Waals surface area contributed by atoms with Gasteiger partial charge >= 0.3 is 0 Å². The van der Waals surface area contributed by atoms with Crippen molar-refractivity contribution in [3.05, 3.63) is 158 Å². The van der Waals surface area contributed by atoms with Gasteiger partial charge in [0.05, 0.1) is 11.0 Å². The minimum absolute atomic E-state index is 0.603. The summed E-state index contributed by atoms with van der Waals surface area (Å²) in [5.74, 6) is 1.88. The van der Waals surface area contributed by atoms with Gasteiger partial charge in [-0.05, 0) is 50.2 Å². The highest BCUT2D eigenvalue weighted by Gasteiger charge is 2.24. The van der Waals surface area contributed by atoms with Gasteiger partial charge < -0.3 is 0 Å². The van der Waals surface area contributed by atoms with Crippen LogP contribution in [0.2, 0.25) is 0 Å². The summed E-state index contributed by atoms with van der Waals surface area (Å²) in [6.07, 6.45) is 0. The Morgan fingerprint density at radius 1 is 0.362 bits per heavy atom. The Balaban J connectivity index is 1.31. The largest absolute Gasteiger partial charge is 0.277 e. The first-order valence-corrected chi connectivity index (χ1v) is 15.9. The van der Waals surface area contributed by atoms with Crippen LogP contribution < -0.4 is 0 Å². The van der Waals surface area contributed by atoms with Gasteiger partial charge in [0.1, 0.15) is 0 Å². The first-order valence-electron chi connectivity index (χ1n) is 15.9. The van der Waals surface area contributed by atoms with Crippen molar-refractivity contribution in [3.63, 3.8) is 0 Å². The molecule has 8 aromatic carbocycles. The monoisotopic (exact) mass is 598 g/mol. The molecule has 10 aromatic rings. The molecule has 4 heteroatoms. The Bertz CT molecular complexity index is 2760. The fraction of sp³-hybridized carbons (Fsp3) is 0. The molecule has 10 rings (SSSR count). The van der Waals surface area contributed by atoms with Crippen molar-refractivity contribution in [1.82, 2.24) is 19.5 Å². The van der Waals surface area contributed by atoms with E-state index in [9.17, 15) is 0 Å². The van der Waals surface area contributed by atoms with E-state index in [0.29, 0.717) is 17.6 Å². The zero-order chi connectivity index (χ0) is 30.9. The predicted molar refractivity (Wildman–Crippen MR) is 194 cm³/mol. The van der Waals surface area contributed by atoms with Gasteiger partial charge in [0.25, 0.3) is 0 Å². The Morgan fingerprint density at radius 3 is 1.62 bits per heavy atom. The van der Waals surface area contributed by atoms with Crippen molar-refractivity contribution in [2.75, 3.05) is 0 Å². The summed E-state index contributed by atoms with van der Waals surface area (Å²) in [6, 6.07) is 55.4. The summed E-state index contributed by atoms with van der Waals surface area (Å²) in [5, 5.41) is 9.81. The minimum Gasteiger partial charge on any atom is -0.277 e. The molecule has 0 spiro atoms. The standard InChI is InChI=1S/C43H26N4/c1-3-12-27(13-4-1)28-22-24-30(25-23-28)42-44-41(29-14-5-2-6-15-29)45-43(46-42)47-37-21-11-20-35-33-18-9-10-19-34(33)36-26-31-16-7-8-17-32(31)40(47)39(36)38(35)37/h1-26H. The third-order valence-electron chi connectivity index (χ3n) is 9.39. The van der Waals surface area contributed by atoms with Crippen molar-refractivity contribution in [2.45, 2.75) is 0 Å². The smallest absolute Gasteiger partial charge is 0.238 e. The summed E-state index contributed by atoms with van der Waals surface area (Å²) in [5.41, 5.74) is 6.41. The van der Waals surface area contributed by atoms with Gasteiger partial charge in [-0.2, -0.15) is 9.97 Å². The molecule has 4 nitrogen and oxygen atoms in total. The van der Waals surface area contributed by atoms with Gasteiger partial charge in [-0.3, -0.25) is 4.57 Å². The number of hydrogen-bond acceptors (Lipinski definition) is 3. The van der Waals surface area contributed by atoms with E-state index < -0.39 is 0 Å². The highest BCUT2D eigenvalue weighted by Crippen LogP contribution is 2.46. The summed E-state index contributed by atoms with van der Waals surface area (Å²) >= 11 is 0. The molecule has 0 aliphatic heterocycles. The fourth-order valence-electron chi connectivity index (χ4n) is 7.27. The van der Waals surface area contributed by atoms with E-state index in [1.807, 2.05) is 24.3 Å². The lowest BCUT2D eigenvalue weighted by molar-refractivity contribution is 0.955. The van der Waals surface area contributed by atoms with Crippen molar-refractivity contribution < 1.29 is 0 Å². The van der Waals surface area contributed by atoms with Crippen LogP contribution in [0.5, 0.6) is 0 Å². The Morgan fingerprint density at radius 2 is 0.894 bits per heavy atom. The van der Waals surface area contributed by atoms with E-state index in [-0.39, 0.29) is 0 Å². The zero-order valence-electron chi connectivity index (χ0n) is 25.3. The molecule has 0 fully saturated rings. The summed E-state index contributed by atoms with van der Waals surface area (Å²) in [4.78, 5) is 15.5. The van der Waals surface area contributed by atoms with Crippen LogP contribution in [0.15, 0.2) is 158 Å². The number of rotatable bonds is 4. The average molecular weight is 599 g/mol. The Kier molecular flexibility index (Phi) is 5.54. The minimum atomic E-state index is 0.603. The molecule has 0 saturated heterocycles. The normalized spacial score (nSPS) is 11.8. The van der Waals surface area contributed by atoms with Crippen LogP contribution in [0.3, 0.4) is 0 Å². The van der Waals surface area contributed by atoms with Gasteiger partial charge in [-0.15, -0.1) is 0 Å². The van der Waals surface area contributed by atoms with Gasteiger partial charge in [0.15, 0.2) is 11.6 Å². The van der Waals surface area contributed by atoms with E-state index >= 15 is 0 Å². The molecule has 47 heavy (non-hydrogen) atoms. The molecule has 0 N–H and O–H groups in total. The molecule has 0 saturated carbocycles. The van der Waals surface area contributed by atoms with E-state index in [0.717, 1.165) is 27.7 Å². The molecule has 0 unspecified atom stereocenters. The fourth-order valence-corrected chi connectivity index (χ4v) is 7.27. The second kappa shape index (κ2) is 10.1. The predicted octanol–water partition coefficient (Wildman–Crippen LogP) is 10.9. The number of aromatic nitrogens is 4. The lowest BCUT2D eigenvalue weighted by Gasteiger charge is -2.12. The molecular formula is C43H26N4. The van der Waals surface area contributed by atoms with Crippen LogP contribution in [0, 0.1) is 0 Å². The number of benzene rings is 8. The van der Waals surface area contributed by atoms with Crippen LogP contribution in [0.4, 0.5) is 0 Å². The van der Waals surface area contributed by atoms with Crippen LogP contribution in [0.1, 0.15) is 0 Å². The van der Waals surface area contributed by atoms with Crippen molar-refractivity contribution in [1.29, 1.82) is 0 Å². The zero-order valence-corrected chi connectivity index (χ0v) is 25.3. The van der Waals surface area contributed by atoms with Crippen molar-refractivity contribution in [3.8, 4) is 39.9 Å². The SMILES string of the molecule is c1ccc(-c2ccc(-c3nc(-c4ccccc4)nc(-n4c5cccc6c7ccccc7c7cc8ccccc8c4c7c65)n3)cc2)cc1. The highest BCUT2D eigenvalue weighted by molar-refractivity contribution is 6.37. The summed E-state index contributed by atoms with van der Waals surface area (Å²) in [6.45, 7) is 0. The maximum atomic E-state index is 5.25. The quantitative estimate of drug-likeness (QED) is 0.150. The number of hydrogen-bond donors (Lipinski definition) is 0. The molecule has 0 amide bonds. The van der Waals surface area contributed by atoms with Crippen LogP contribution in [0.25, 0.3) is 94.0 Å². The first-order chi connectivity index (χ1) is 23.3.